The Morgan fingerprint density at radius 1 is 1.25 bits per heavy atom. The lowest BCUT2D eigenvalue weighted by atomic mass is 10.1. The molecular formula is C18H16F2N2O2. The van der Waals surface area contributed by atoms with Crippen LogP contribution >= 0.6 is 0 Å². The first-order valence-electron chi connectivity index (χ1n) is 7.44. The van der Waals surface area contributed by atoms with E-state index >= 15 is 0 Å². The van der Waals surface area contributed by atoms with Gasteiger partial charge in [-0.3, -0.25) is 4.79 Å². The Balaban J connectivity index is 1.92. The number of amides is 1. The molecule has 0 spiro atoms. The van der Waals surface area contributed by atoms with Gasteiger partial charge >= 0.3 is 0 Å². The largest absolute Gasteiger partial charge is 0.453 e. The van der Waals surface area contributed by atoms with E-state index in [2.05, 4.69) is 5.32 Å². The molecule has 4 nitrogen and oxygen atoms in total. The van der Waals surface area contributed by atoms with Crippen LogP contribution in [0.5, 0.6) is 0 Å². The molecule has 6 heteroatoms. The zero-order valence-corrected chi connectivity index (χ0v) is 13.0. The van der Waals surface area contributed by atoms with E-state index in [9.17, 15) is 13.6 Å². The smallest absolute Gasteiger partial charge is 0.234 e. The molecule has 0 aliphatic carbocycles. The quantitative estimate of drug-likeness (QED) is 0.754. The highest BCUT2D eigenvalue weighted by molar-refractivity contribution is 5.84. The van der Waals surface area contributed by atoms with Gasteiger partial charge in [0.05, 0.1) is 6.04 Å². The summed E-state index contributed by atoms with van der Waals surface area (Å²) in [6.45, 7) is 1.93. The van der Waals surface area contributed by atoms with Crippen molar-refractivity contribution in [3.63, 3.8) is 0 Å². The highest BCUT2D eigenvalue weighted by Crippen LogP contribution is 2.30. The monoisotopic (exact) mass is 330 g/mol. The van der Waals surface area contributed by atoms with E-state index in [1.54, 1.807) is 31.2 Å². The molecule has 1 atom stereocenters. The van der Waals surface area contributed by atoms with Crippen LogP contribution in [0.4, 0.5) is 8.78 Å². The van der Waals surface area contributed by atoms with Crippen LogP contribution in [0.2, 0.25) is 0 Å². The Bertz CT molecular complexity index is 905. The summed E-state index contributed by atoms with van der Waals surface area (Å²) < 4.78 is 33.1. The van der Waals surface area contributed by atoms with Crippen molar-refractivity contribution in [3.8, 4) is 11.3 Å². The van der Waals surface area contributed by atoms with Crippen molar-refractivity contribution in [2.24, 2.45) is 5.73 Å². The second-order valence-electron chi connectivity index (χ2n) is 5.62. The second-order valence-corrected chi connectivity index (χ2v) is 5.62. The lowest BCUT2D eigenvalue weighted by Gasteiger charge is -2.09. The Hall–Kier alpha value is -2.73. The van der Waals surface area contributed by atoms with Gasteiger partial charge in [0.1, 0.15) is 11.6 Å². The molecule has 24 heavy (non-hydrogen) atoms. The van der Waals surface area contributed by atoms with Crippen molar-refractivity contribution in [3.05, 3.63) is 59.7 Å². The Labute approximate surface area is 137 Å². The number of halogens is 2. The minimum absolute atomic E-state index is 0.112. The van der Waals surface area contributed by atoms with Crippen LogP contribution in [0.1, 0.15) is 12.5 Å². The van der Waals surface area contributed by atoms with Gasteiger partial charge in [0.2, 0.25) is 5.91 Å². The summed E-state index contributed by atoms with van der Waals surface area (Å²) in [5.74, 6) is -0.996. The SMILES string of the molecule is CC(NCc1cc(F)c2oc(-c3cccc(F)c3)cc2c1)C(N)=O. The standard InChI is InChI=1S/C18H16F2N2O2/c1-10(18(21)23)22-9-11-5-13-8-16(24-17(13)15(20)6-11)12-3-2-4-14(19)7-12/h2-8,10,22H,9H2,1H3,(H2,21,23). The molecule has 1 heterocycles. The van der Waals surface area contributed by atoms with Crippen LogP contribution in [0.3, 0.4) is 0 Å². The van der Waals surface area contributed by atoms with Crippen LogP contribution in [0.15, 0.2) is 46.9 Å². The molecule has 1 amide bonds. The van der Waals surface area contributed by atoms with Gasteiger partial charge in [0.15, 0.2) is 11.4 Å². The minimum Gasteiger partial charge on any atom is -0.453 e. The first-order chi connectivity index (χ1) is 11.4. The maximum atomic E-state index is 14.3. The highest BCUT2D eigenvalue weighted by atomic mass is 19.1. The molecule has 3 aromatic rings. The molecule has 1 unspecified atom stereocenters. The third-order valence-corrected chi connectivity index (χ3v) is 3.78. The molecule has 0 aliphatic rings. The van der Waals surface area contributed by atoms with Gasteiger partial charge in [-0.15, -0.1) is 0 Å². The molecule has 0 aliphatic heterocycles. The van der Waals surface area contributed by atoms with E-state index in [1.165, 1.54) is 18.2 Å². The maximum absolute atomic E-state index is 14.3. The van der Waals surface area contributed by atoms with Crippen molar-refractivity contribution in [1.29, 1.82) is 0 Å². The van der Waals surface area contributed by atoms with E-state index < -0.39 is 23.6 Å². The van der Waals surface area contributed by atoms with Crippen LogP contribution in [0.25, 0.3) is 22.3 Å². The van der Waals surface area contributed by atoms with E-state index in [0.29, 0.717) is 22.3 Å². The van der Waals surface area contributed by atoms with E-state index in [4.69, 9.17) is 10.2 Å². The van der Waals surface area contributed by atoms with Crippen molar-refractivity contribution in [1.82, 2.24) is 5.32 Å². The fourth-order valence-electron chi connectivity index (χ4n) is 2.43. The topological polar surface area (TPSA) is 68.3 Å². The predicted octanol–water partition coefficient (Wildman–Crippen LogP) is 3.34. The lowest BCUT2D eigenvalue weighted by Crippen LogP contribution is -2.38. The summed E-state index contributed by atoms with van der Waals surface area (Å²) in [6, 6.07) is 10.1. The van der Waals surface area contributed by atoms with Crippen LogP contribution in [-0.2, 0) is 11.3 Å². The highest BCUT2D eigenvalue weighted by Gasteiger charge is 2.13. The van der Waals surface area contributed by atoms with Gasteiger partial charge in [-0.2, -0.15) is 0 Å². The zero-order valence-electron chi connectivity index (χ0n) is 13.0. The van der Waals surface area contributed by atoms with E-state index in [1.807, 2.05) is 0 Å². The average molecular weight is 330 g/mol. The van der Waals surface area contributed by atoms with Crippen LogP contribution in [0, 0.1) is 11.6 Å². The van der Waals surface area contributed by atoms with Gasteiger partial charge < -0.3 is 15.5 Å². The number of furan rings is 1. The number of fused-ring (bicyclic) bond motifs is 1. The van der Waals surface area contributed by atoms with E-state index in [0.717, 1.165) is 0 Å². The van der Waals surface area contributed by atoms with Crippen molar-refractivity contribution in [2.45, 2.75) is 19.5 Å². The molecule has 3 rings (SSSR count). The number of carbonyl (C=O) groups excluding carboxylic acids is 1. The Kier molecular flexibility index (Phi) is 4.31. The molecule has 0 fully saturated rings. The number of hydrogen-bond donors (Lipinski definition) is 2. The van der Waals surface area contributed by atoms with Gasteiger partial charge in [0, 0.05) is 17.5 Å². The minimum atomic E-state index is -0.518. The first-order valence-corrected chi connectivity index (χ1v) is 7.44. The number of primary amides is 1. The number of carbonyl (C=O) groups is 1. The van der Waals surface area contributed by atoms with Gasteiger partial charge in [-0.25, -0.2) is 8.78 Å². The van der Waals surface area contributed by atoms with Crippen molar-refractivity contribution < 1.29 is 18.0 Å². The summed E-state index contributed by atoms with van der Waals surface area (Å²) in [5, 5.41) is 3.48. The van der Waals surface area contributed by atoms with Crippen molar-refractivity contribution in [2.75, 3.05) is 0 Å². The normalized spacial score (nSPS) is 12.5. The number of nitrogens with one attached hydrogen (secondary N) is 1. The molecule has 0 saturated carbocycles. The number of benzene rings is 2. The van der Waals surface area contributed by atoms with Gasteiger partial charge in [-0.05, 0) is 42.8 Å². The molecule has 2 aromatic carbocycles. The third-order valence-electron chi connectivity index (χ3n) is 3.78. The molecule has 1 aromatic heterocycles. The molecule has 3 N–H and O–H groups in total. The fraction of sp³-hybridized carbons (Fsp3) is 0.167. The molecule has 0 radical (unpaired) electrons. The number of hydrogen-bond acceptors (Lipinski definition) is 3. The maximum Gasteiger partial charge on any atom is 0.234 e. The lowest BCUT2D eigenvalue weighted by molar-refractivity contribution is -0.119. The van der Waals surface area contributed by atoms with E-state index in [-0.39, 0.29) is 12.1 Å². The predicted molar refractivity (Wildman–Crippen MR) is 87.1 cm³/mol. The molecular weight excluding hydrogens is 314 g/mol. The Morgan fingerprint density at radius 3 is 2.75 bits per heavy atom. The Morgan fingerprint density at radius 2 is 2.04 bits per heavy atom. The van der Waals surface area contributed by atoms with Gasteiger partial charge in [-0.1, -0.05) is 12.1 Å². The zero-order chi connectivity index (χ0) is 17.3. The molecule has 124 valence electrons. The average Bonchev–Trinajstić information content (AvgIpc) is 2.97. The van der Waals surface area contributed by atoms with Crippen LogP contribution in [-0.4, -0.2) is 11.9 Å². The van der Waals surface area contributed by atoms with Crippen molar-refractivity contribution >= 4 is 16.9 Å². The molecule has 0 bridgehead atoms. The third kappa shape index (κ3) is 3.28. The summed E-state index contributed by atoms with van der Waals surface area (Å²) in [5.41, 5.74) is 6.48. The molecule has 0 saturated heterocycles. The number of rotatable bonds is 5. The van der Waals surface area contributed by atoms with Gasteiger partial charge in [0.25, 0.3) is 0 Å². The number of nitrogens with two attached hydrogens (primary N) is 1. The first kappa shape index (κ1) is 16.1. The fourth-order valence-corrected chi connectivity index (χ4v) is 2.43. The summed E-state index contributed by atoms with van der Waals surface area (Å²) in [4.78, 5) is 11.0. The summed E-state index contributed by atoms with van der Waals surface area (Å²) in [7, 11) is 0. The van der Waals surface area contributed by atoms with Crippen LogP contribution < -0.4 is 11.1 Å². The second kappa shape index (κ2) is 6.41. The summed E-state index contributed by atoms with van der Waals surface area (Å²) >= 11 is 0. The summed E-state index contributed by atoms with van der Waals surface area (Å²) in [6.07, 6.45) is 0.